The quantitative estimate of drug-likeness (QED) is 0.558. The number of hydrogen-bond acceptors (Lipinski definition) is 5. The van der Waals surface area contributed by atoms with Gasteiger partial charge in [0, 0.05) is 25.1 Å². The summed E-state index contributed by atoms with van der Waals surface area (Å²) in [6.07, 6.45) is 0.615. The van der Waals surface area contributed by atoms with E-state index in [2.05, 4.69) is 26.2 Å². The number of nitrogens with two attached hydrogens (primary N) is 1. The third-order valence-corrected chi connectivity index (χ3v) is 4.76. The van der Waals surface area contributed by atoms with Crippen LogP contribution in [0.15, 0.2) is 39.2 Å². The van der Waals surface area contributed by atoms with E-state index in [1.807, 2.05) is 31.2 Å². The van der Waals surface area contributed by atoms with Gasteiger partial charge in [0.2, 0.25) is 0 Å². The number of furan rings is 1. The summed E-state index contributed by atoms with van der Waals surface area (Å²) in [4.78, 5) is 4.37. The van der Waals surface area contributed by atoms with Gasteiger partial charge in [-0.05, 0) is 40.5 Å². The predicted octanol–water partition coefficient (Wildman–Crippen LogP) is 4.75. The maximum Gasteiger partial charge on any atom is 0.177 e. The van der Waals surface area contributed by atoms with Crippen LogP contribution in [-0.2, 0) is 13.0 Å². The minimum atomic E-state index is -0.0134. The highest BCUT2D eigenvalue weighted by atomic mass is 79.9. The van der Waals surface area contributed by atoms with Gasteiger partial charge < -0.3 is 20.2 Å². The summed E-state index contributed by atoms with van der Waals surface area (Å²) in [5.74, 6) is 1.58. The molecule has 3 rings (SSSR count). The number of halogens is 2. The molecular weight excluding hydrogens is 406 g/mol. The summed E-state index contributed by atoms with van der Waals surface area (Å²) in [5, 5.41) is 3.76. The molecule has 0 unspecified atom stereocenters. The molecule has 0 bridgehead atoms. The number of methoxy groups -OCH3 is 1. The Morgan fingerprint density at radius 3 is 2.92 bits per heavy atom. The molecule has 2 heterocycles. The first-order valence-corrected chi connectivity index (χ1v) is 9.05. The van der Waals surface area contributed by atoms with Gasteiger partial charge in [-0.2, -0.15) is 0 Å². The van der Waals surface area contributed by atoms with Crippen molar-refractivity contribution in [3.8, 4) is 5.75 Å². The second-order valence-electron chi connectivity index (χ2n) is 5.90. The van der Waals surface area contributed by atoms with Crippen LogP contribution < -0.4 is 15.8 Å². The molecular formula is C18H19BrClN3O2. The molecule has 0 saturated heterocycles. The first kappa shape index (κ1) is 18.0. The fourth-order valence-corrected chi connectivity index (χ4v) is 3.29. The molecule has 25 heavy (non-hydrogen) atoms. The number of benzene rings is 1. The van der Waals surface area contributed by atoms with Gasteiger partial charge in [0.1, 0.15) is 22.2 Å². The van der Waals surface area contributed by atoms with E-state index in [0.717, 1.165) is 27.2 Å². The molecule has 3 N–H and O–H groups in total. The Bertz CT molecular complexity index is 895. The number of ether oxygens (including phenoxy) is 1. The molecule has 1 atom stereocenters. The Morgan fingerprint density at radius 2 is 2.20 bits per heavy atom. The van der Waals surface area contributed by atoms with Crippen molar-refractivity contribution in [2.45, 2.75) is 25.9 Å². The maximum absolute atomic E-state index is 6.18. The van der Waals surface area contributed by atoms with Gasteiger partial charge in [0.25, 0.3) is 0 Å². The van der Waals surface area contributed by atoms with Crippen LogP contribution in [0.3, 0.4) is 0 Å². The molecule has 0 aliphatic rings. The highest BCUT2D eigenvalue weighted by molar-refractivity contribution is 9.10. The highest BCUT2D eigenvalue weighted by Gasteiger charge is 2.18. The van der Waals surface area contributed by atoms with E-state index in [1.54, 1.807) is 13.2 Å². The second-order valence-corrected chi connectivity index (χ2v) is 7.08. The van der Waals surface area contributed by atoms with Gasteiger partial charge >= 0.3 is 0 Å². The first-order chi connectivity index (χ1) is 12.0. The van der Waals surface area contributed by atoms with Gasteiger partial charge in [-0.25, -0.2) is 4.98 Å². The molecule has 5 nitrogen and oxygen atoms in total. The minimum absolute atomic E-state index is 0.0134. The molecule has 0 radical (unpaired) electrons. The van der Waals surface area contributed by atoms with E-state index in [9.17, 15) is 0 Å². The zero-order valence-corrected chi connectivity index (χ0v) is 16.3. The SMILES string of the molecule is COc1cccc(CNc2cc(Cl)nc3c(Br)c(C[C@H](C)N)oc23)c1. The monoisotopic (exact) mass is 423 g/mol. The van der Waals surface area contributed by atoms with Crippen molar-refractivity contribution in [3.05, 3.63) is 51.3 Å². The average Bonchev–Trinajstić information content (AvgIpc) is 2.88. The van der Waals surface area contributed by atoms with Crippen molar-refractivity contribution in [1.29, 1.82) is 0 Å². The van der Waals surface area contributed by atoms with Gasteiger partial charge in [-0.15, -0.1) is 0 Å². The fraction of sp³-hybridized carbons (Fsp3) is 0.278. The van der Waals surface area contributed by atoms with Crippen molar-refractivity contribution in [2.75, 3.05) is 12.4 Å². The Labute approximate surface area is 159 Å². The Hall–Kier alpha value is -1.76. The Balaban J connectivity index is 1.92. The zero-order valence-electron chi connectivity index (χ0n) is 14.0. The Morgan fingerprint density at radius 1 is 1.40 bits per heavy atom. The number of nitrogens with zero attached hydrogens (tertiary/aromatic N) is 1. The molecule has 3 aromatic rings. The lowest BCUT2D eigenvalue weighted by Crippen LogP contribution is -2.17. The summed E-state index contributed by atoms with van der Waals surface area (Å²) in [6.45, 7) is 2.54. The summed E-state index contributed by atoms with van der Waals surface area (Å²) in [7, 11) is 1.65. The maximum atomic E-state index is 6.18. The molecule has 0 aliphatic carbocycles. The van der Waals surface area contributed by atoms with Crippen LogP contribution in [0, 0.1) is 0 Å². The summed E-state index contributed by atoms with van der Waals surface area (Å²) >= 11 is 9.73. The molecule has 0 fully saturated rings. The smallest absolute Gasteiger partial charge is 0.177 e. The van der Waals surface area contributed by atoms with Crippen LogP contribution in [0.1, 0.15) is 18.2 Å². The van der Waals surface area contributed by atoms with Crippen LogP contribution in [0.25, 0.3) is 11.1 Å². The molecule has 2 aromatic heterocycles. The lowest BCUT2D eigenvalue weighted by Gasteiger charge is -2.09. The van der Waals surface area contributed by atoms with Crippen molar-refractivity contribution in [3.63, 3.8) is 0 Å². The van der Waals surface area contributed by atoms with E-state index in [0.29, 0.717) is 29.2 Å². The standard InChI is InChI=1S/C18H19BrClN3O2/c1-10(21)6-14-16(19)17-18(25-14)13(8-15(20)23-17)22-9-11-4-3-5-12(7-11)24-2/h3-5,7-8,10H,6,9,21H2,1-2H3,(H,22,23)/t10-/m0/s1. The summed E-state index contributed by atoms with van der Waals surface area (Å²) in [5.41, 5.74) is 9.11. The topological polar surface area (TPSA) is 73.3 Å². The van der Waals surface area contributed by atoms with Crippen LogP contribution >= 0.6 is 27.5 Å². The van der Waals surface area contributed by atoms with Crippen LogP contribution in [0.5, 0.6) is 5.75 Å². The lowest BCUT2D eigenvalue weighted by atomic mass is 10.2. The summed E-state index contributed by atoms with van der Waals surface area (Å²) < 4.78 is 12.0. The van der Waals surface area contributed by atoms with E-state index < -0.39 is 0 Å². The van der Waals surface area contributed by atoms with Crippen LogP contribution in [0.2, 0.25) is 5.15 Å². The minimum Gasteiger partial charge on any atom is -0.497 e. The fourth-order valence-electron chi connectivity index (χ4n) is 2.59. The Kier molecular flexibility index (Phi) is 5.51. The third kappa shape index (κ3) is 4.08. The van der Waals surface area contributed by atoms with Gasteiger partial charge in [0.15, 0.2) is 5.58 Å². The number of rotatable bonds is 6. The first-order valence-electron chi connectivity index (χ1n) is 7.87. The van der Waals surface area contributed by atoms with Crippen LogP contribution in [-0.4, -0.2) is 18.1 Å². The number of nitrogens with one attached hydrogen (secondary N) is 1. The largest absolute Gasteiger partial charge is 0.497 e. The van der Waals surface area contributed by atoms with Crippen molar-refractivity contribution >= 4 is 44.3 Å². The zero-order chi connectivity index (χ0) is 18.0. The third-order valence-electron chi connectivity index (χ3n) is 3.74. The summed E-state index contributed by atoms with van der Waals surface area (Å²) in [6, 6.07) is 9.61. The normalized spacial score (nSPS) is 12.4. The number of pyridine rings is 1. The molecule has 0 amide bonds. The van der Waals surface area contributed by atoms with Crippen LogP contribution in [0.4, 0.5) is 5.69 Å². The van der Waals surface area contributed by atoms with Gasteiger partial charge in [-0.1, -0.05) is 23.7 Å². The van der Waals surface area contributed by atoms with E-state index >= 15 is 0 Å². The number of hydrogen-bond donors (Lipinski definition) is 2. The van der Waals surface area contributed by atoms with Crippen molar-refractivity contribution < 1.29 is 9.15 Å². The number of aromatic nitrogens is 1. The predicted molar refractivity (Wildman–Crippen MR) is 104 cm³/mol. The average molecular weight is 425 g/mol. The van der Waals surface area contributed by atoms with Crippen molar-refractivity contribution in [1.82, 2.24) is 4.98 Å². The van der Waals surface area contributed by atoms with E-state index in [4.69, 9.17) is 26.5 Å². The number of fused-ring (bicyclic) bond motifs is 1. The molecule has 7 heteroatoms. The van der Waals surface area contributed by atoms with Gasteiger partial charge in [-0.3, -0.25) is 0 Å². The molecule has 0 aliphatic heterocycles. The molecule has 0 spiro atoms. The second kappa shape index (κ2) is 7.64. The molecule has 0 saturated carbocycles. The molecule has 132 valence electrons. The lowest BCUT2D eigenvalue weighted by molar-refractivity contribution is 0.414. The van der Waals surface area contributed by atoms with E-state index in [1.165, 1.54) is 0 Å². The number of anilines is 1. The van der Waals surface area contributed by atoms with E-state index in [-0.39, 0.29) is 6.04 Å². The highest BCUT2D eigenvalue weighted by Crippen LogP contribution is 2.36. The van der Waals surface area contributed by atoms with Gasteiger partial charge in [0.05, 0.1) is 17.3 Å². The van der Waals surface area contributed by atoms with Crippen molar-refractivity contribution in [2.24, 2.45) is 5.73 Å². The molecule has 1 aromatic carbocycles.